The Labute approximate surface area is 97.0 Å². The normalized spacial score (nSPS) is 16.9. The van der Waals surface area contributed by atoms with Crippen molar-refractivity contribution in [3.8, 4) is 6.07 Å². The molecule has 0 aliphatic heterocycles. The quantitative estimate of drug-likeness (QED) is 0.666. The summed E-state index contributed by atoms with van der Waals surface area (Å²) in [6.45, 7) is 6.23. The minimum absolute atomic E-state index is 0.112. The molecular weight excluding hydrogens is 204 g/mol. The highest BCUT2D eigenvalue weighted by atomic mass is 16.5. The topological polar surface area (TPSA) is 62.1 Å². The van der Waals surface area contributed by atoms with Crippen molar-refractivity contribution < 1.29 is 9.53 Å². The fourth-order valence-electron chi connectivity index (χ4n) is 1.38. The third kappa shape index (κ3) is 3.82. The molecule has 1 fully saturated rings. The number of hydrogen-bond donors (Lipinski definition) is 1. The van der Waals surface area contributed by atoms with Crippen LogP contribution in [0.1, 0.15) is 33.1 Å². The van der Waals surface area contributed by atoms with Crippen LogP contribution in [0.2, 0.25) is 0 Å². The van der Waals surface area contributed by atoms with E-state index in [9.17, 15) is 4.79 Å². The summed E-state index contributed by atoms with van der Waals surface area (Å²) in [5.74, 6) is 0.432. The zero-order valence-corrected chi connectivity index (χ0v) is 10.1. The average molecular weight is 224 g/mol. The monoisotopic (exact) mass is 224 g/mol. The van der Waals surface area contributed by atoms with Gasteiger partial charge in [0.05, 0.1) is 6.07 Å². The molecule has 0 unspecified atom stereocenters. The molecule has 0 aromatic rings. The molecule has 1 saturated carbocycles. The Hall–Kier alpha value is -1.08. The van der Waals surface area contributed by atoms with Crippen LogP contribution in [-0.2, 0) is 9.53 Å². The summed E-state index contributed by atoms with van der Waals surface area (Å²) in [5.41, 5.74) is -0.696. The highest BCUT2D eigenvalue weighted by Gasteiger charge is 2.50. The molecule has 0 heterocycles. The van der Waals surface area contributed by atoms with Crippen LogP contribution in [-0.4, -0.2) is 25.7 Å². The van der Waals surface area contributed by atoms with Gasteiger partial charge in [0.15, 0.2) is 0 Å². The Morgan fingerprint density at radius 1 is 1.56 bits per heavy atom. The van der Waals surface area contributed by atoms with E-state index in [1.54, 1.807) is 0 Å². The van der Waals surface area contributed by atoms with E-state index in [4.69, 9.17) is 10.00 Å². The van der Waals surface area contributed by atoms with Crippen LogP contribution in [0.15, 0.2) is 0 Å². The van der Waals surface area contributed by atoms with Crippen molar-refractivity contribution in [1.82, 2.24) is 5.32 Å². The van der Waals surface area contributed by atoms with Crippen molar-refractivity contribution >= 4 is 5.91 Å². The van der Waals surface area contributed by atoms with Gasteiger partial charge in [0, 0.05) is 19.8 Å². The summed E-state index contributed by atoms with van der Waals surface area (Å²) < 4.78 is 5.39. The highest BCUT2D eigenvalue weighted by molar-refractivity contribution is 5.88. The van der Waals surface area contributed by atoms with Crippen LogP contribution in [0.3, 0.4) is 0 Å². The molecule has 16 heavy (non-hydrogen) atoms. The van der Waals surface area contributed by atoms with Gasteiger partial charge in [-0.1, -0.05) is 13.8 Å². The molecule has 0 atom stereocenters. The summed E-state index contributed by atoms with van der Waals surface area (Å²) in [6.07, 6.45) is 2.22. The van der Waals surface area contributed by atoms with Crippen LogP contribution in [0.25, 0.3) is 0 Å². The average Bonchev–Trinajstić information content (AvgIpc) is 3.03. The molecule has 0 radical (unpaired) electrons. The van der Waals surface area contributed by atoms with Gasteiger partial charge in [0.25, 0.3) is 0 Å². The molecule has 0 aromatic heterocycles. The largest absolute Gasteiger partial charge is 0.381 e. The van der Waals surface area contributed by atoms with Crippen LogP contribution < -0.4 is 5.32 Å². The Bertz CT molecular complexity index is 277. The maximum absolute atomic E-state index is 11.5. The van der Waals surface area contributed by atoms with Crippen molar-refractivity contribution in [3.63, 3.8) is 0 Å². The molecule has 1 rings (SSSR count). The standard InChI is InChI=1S/C12H20N2O2/c1-10(2)8-16-7-3-6-14-11(15)12(9-13)4-5-12/h10H,3-8H2,1-2H3,(H,14,15). The Balaban J connectivity index is 2.00. The van der Waals surface area contributed by atoms with E-state index in [1.807, 2.05) is 0 Å². The zero-order valence-electron chi connectivity index (χ0n) is 10.1. The third-order valence-corrected chi connectivity index (χ3v) is 2.60. The van der Waals surface area contributed by atoms with Gasteiger partial charge in [0.1, 0.15) is 5.41 Å². The van der Waals surface area contributed by atoms with Gasteiger partial charge >= 0.3 is 0 Å². The molecule has 0 saturated heterocycles. The molecule has 4 heteroatoms. The molecule has 90 valence electrons. The lowest BCUT2D eigenvalue weighted by atomic mass is 10.1. The van der Waals surface area contributed by atoms with E-state index in [0.29, 0.717) is 31.9 Å². The van der Waals surface area contributed by atoms with Gasteiger partial charge in [-0.15, -0.1) is 0 Å². The number of ether oxygens (including phenoxy) is 1. The first-order valence-electron chi connectivity index (χ1n) is 5.88. The summed E-state index contributed by atoms with van der Waals surface area (Å²) in [6, 6.07) is 2.08. The van der Waals surface area contributed by atoms with Crippen LogP contribution in [0.4, 0.5) is 0 Å². The molecule has 1 aliphatic carbocycles. The van der Waals surface area contributed by atoms with Crippen LogP contribution in [0, 0.1) is 22.7 Å². The fourth-order valence-corrected chi connectivity index (χ4v) is 1.38. The van der Waals surface area contributed by atoms with Crippen molar-refractivity contribution in [1.29, 1.82) is 5.26 Å². The van der Waals surface area contributed by atoms with Crippen molar-refractivity contribution in [2.75, 3.05) is 19.8 Å². The Morgan fingerprint density at radius 2 is 2.25 bits per heavy atom. The minimum atomic E-state index is -0.696. The molecular formula is C12H20N2O2. The number of carbonyl (C=O) groups is 1. The molecule has 0 spiro atoms. The third-order valence-electron chi connectivity index (χ3n) is 2.60. The maximum Gasteiger partial charge on any atom is 0.240 e. The van der Waals surface area contributed by atoms with Crippen molar-refractivity contribution in [3.05, 3.63) is 0 Å². The lowest BCUT2D eigenvalue weighted by molar-refractivity contribution is -0.124. The number of nitriles is 1. The van der Waals surface area contributed by atoms with E-state index >= 15 is 0 Å². The van der Waals surface area contributed by atoms with Gasteiger partial charge in [0.2, 0.25) is 5.91 Å². The summed E-state index contributed by atoms with van der Waals surface area (Å²) >= 11 is 0. The first-order valence-corrected chi connectivity index (χ1v) is 5.88. The summed E-state index contributed by atoms with van der Waals surface area (Å²) in [5, 5.41) is 11.6. The Morgan fingerprint density at radius 3 is 2.75 bits per heavy atom. The number of carbonyl (C=O) groups excluding carboxylic acids is 1. The fraction of sp³-hybridized carbons (Fsp3) is 0.833. The highest BCUT2D eigenvalue weighted by Crippen LogP contribution is 2.44. The number of nitrogens with one attached hydrogen (secondary N) is 1. The maximum atomic E-state index is 11.5. The first kappa shape index (κ1) is 13.0. The number of hydrogen-bond acceptors (Lipinski definition) is 3. The van der Waals surface area contributed by atoms with E-state index in [1.165, 1.54) is 0 Å². The minimum Gasteiger partial charge on any atom is -0.381 e. The predicted octanol–water partition coefficient (Wildman–Crippen LogP) is 1.47. The molecule has 1 amide bonds. The van der Waals surface area contributed by atoms with Gasteiger partial charge < -0.3 is 10.1 Å². The second kappa shape index (κ2) is 5.86. The van der Waals surface area contributed by atoms with Crippen LogP contribution in [0.5, 0.6) is 0 Å². The van der Waals surface area contributed by atoms with Crippen molar-refractivity contribution in [2.45, 2.75) is 33.1 Å². The second-order valence-corrected chi connectivity index (χ2v) is 4.77. The van der Waals surface area contributed by atoms with E-state index < -0.39 is 5.41 Å². The summed E-state index contributed by atoms with van der Waals surface area (Å²) in [4.78, 5) is 11.5. The SMILES string of the molecule is CC(C)COCCCNC(=O)C1(C#N)CC1. The van der Waals surface area contributed by atoms with Crippen LogP contribution >= 0.6 is 0 Å². The predicted molar refractivity (Wildman–Crippen MR) is 60.6 cm³/mol. The number of rotatable bonds is 7. The van der Waals surface area contributed by atoms with Gasteiger partial charge in [-0.3, -0.25) is 4.79 Å². The van der Waals surface area contributed by atoms with E-state index in [2.05, 4.69) is 25.2 Å². The smallest absolute Gasteiger partial charge is 0.240 e. The number of nitrogens with zero attached hydrogens (tertiary/aromatic N) is 1. The molecule has 1 N–H and O–H groups in total. The molecule has 1 aliphatic rings. The van der Waals surface area contributed by atoms with Gasteiger partial charge in [-0.25, -0.2) is 0 Å². The Kier molecular flexibility index (Phi) is 4.75. The number of amides is 1. The zero-order chi connectivity index (χ0) is 12.0. The molecule has 0 aromatic carbocycles. The lowest BCUT2D eigenvalue weighted by Crippen LogP contribution is -2.32. The van der Waals surface area contributed by atoms with E-state index in [-0.39, 0.29) is 5.91 Å². The van der Waals surface area contributed by atoms with Gasteiger partial charge in [-0.05, 0) is 25.2 Å². The molecule has 4 nitrogen and oxygen atoms in total. The van der Waals surface area contributed by atoms with E-state index in [0.717, 1.165) is 13.0 Å². The van der Waals surface area contributed by atoms with Crippen molar-refractivity contribution in [2.24, 2.45) is 11.3 Å². The van der Waals surface area contributed by atoms with Gasteiger partial charge in [-0.2, -0.15) is 5.26 Å². The summed E-state index contributed by atoms with van der Waals surface area (Å²) in [7, 11) is 0. The first-order chi connectivity index (χ1) is 7.60. The molecule has 0 bridgehead atoms. The lowest BCUT2D eigenvalue weighted by Gasteiger charge is -2.09. The second-order valence-electron chi connectivity index (χ2n) is 4.77.